The maximum Gasteiger partial charge on any atom is 0.170 e. The third-order valence-corrected chi connectivity index (χ3v) is 5.60. The van der Waals surface area contributed by atoms with Crippen molar-refractivity contribution in [3.63, 3.8) is 0 Å². The Kier molecular flexibility index (Phi) is 4.94. The van der Waals surface area contributed by atoms with Gasteiger partial charge in [0, 0.05) is 24.2 Å². The van der Waals surface area contributed by atoms with Crippen LogP contribution >= 0.6 is 23.6 Å². The van der Waals surface area contributed by atoms with Crippen LogP contribution in [0.3, 0.4) is 0 Å². The summed E-state index contributed by atoms with van der Waals surface area (Å²) in [7, 11) is 4.18. The quantitative estimate of drug-likeness (QED) is 0.841. The fraction of sp³-hybridized carbons (Fsp3) is 0.412. The van der Waals surface area contributed by atoms with E-state index in [-0.39, 0.29) is 12.1 Å². The van der Waals surface area contributed by atoms with Crippen molar-refractivity contribution in [3.8, 4) is 0 Å². The summed E-state index contributed by atoms with van der Waals surface area (Å²) in [4.78, 5) is 10.4. The minimum Gasteiger partial charge on any atom is -0.352 e. The molecule has 0 amide bonds. The van der Waals surface area contributed by atoms with Crippen LogP contribution in [0, 0.1) is 6.92 Å². The Hall–Kier alpha value is -1.50. The number of aryl methyl sites for hydroxylation is 1. The number of likely N-dealkylation sites (N-methyl/N-ethyl adjacent to an activating group) is 1. The second kappa shape index (κ2) is 6.95. The highest BCUT2D eigenvalue weighted by atomic mass is 32.1. The van der Waals surface area contributed by atoms with Gasteiger partial charge in [-0.1, -0.05) is 6.07 Å². The van der Waals surface area contributed by atoms with E-state index in [1.807, 2.05) is 18.3 Å². The first-order chi connectivity index (χ1) is 11.1. The normalized spacial score (nSPS) is 21.0. The molecule has 122 valence electrons. The number of thiophene rings is 1. The summed E-state index contributed by atoms with van der Waals surface area (Å²) in [5.74, 6) is 0. The topological polar surface area (TPSA) is 31.4 Å². The van der Waals surface area contributed by atoms with Gasteiger partial charge in [0.2, 0.25) is 0 Å². The summed E-state index contributed by atoms with van der Waals surface area (Å²) >= 11 is 7.44. The van der Waals surface area contributed by atoms with Crippen LogP contribution in [-0.4, -0.2) is 47.1 Å². The summed E-state index contributed by atoms with van der Waals surface area (Å²) in [5.41, 5.74) is 2.36. The number of aromatic nitrogens is 1. The van der Waals surface area contributed by atoms with E-state index >= 15 is 0 Å². The number of hydrogen-bond donors (Lipinski definition) is 1. The highest BCUT2D eigenvalue weighted by Gasteiger charge is 2.40. The molecule has 1 saturated heterocycles. The second-order valence-corrected chi connectivity index (χ2v) is 7.43. The molecular weight excluding hydrogens is 324 g/mol. The molecule has 6 heteroatoms. The maximum atomic E-state index is 5.64. The molecule has 1 aliphatic heterocycles. The first-order valence-electron chi connectivity index (χ1n) is 7.74. The predicted octanol–water partition coefficient (Wildman–Crippen LogP) is 2.99. The maximum absolute atomic E-state index is 5.64. The van der Waals surface area contributed by atoms with Crippen molar-refractivity contribution in [3.05, 3.63) is 52.0 Å². The molecule has 0 radical (unpaired) electrons. The first-order valence-corrected chi connectivity index (χ1v) is 9.03. The Labute approximate surface area is 147 Å². The molecule has 0 saturated carbocycles. The molecular formula is C17H22N4S2. The second-order valence-electron chi connectivity index (χ2n) is 6.09. The smallest absolute Gasteiger partial charge is 0.170 e. The zero-order chi connectivity index (χ0) is 16.4. The van der Waals surface area contributed by atoms with Crippen molar-refractivity contribution in [1.82, 2.24) is 20.1 Å². The lowest BCUT2D eigenvalue weighted by molar-refractivity contribution is 0.280. The molecule has 0 aromatic carbocycles. The molecule has 1 N–H and O–H groups in total. The number of pyridine rings is 1. The third kappa shape index (κ3) is 3.39. The van der Waals surface area contributed by atoms with E-state index in [2.05, 4.69) is 58.6 Å². The number of nitrogens with one attached hydrogen (secondary N) is 1. The van der Waals surface area contributed by atoms with Crippen molar-refractivity contribution in [2.45, 2.75) is 19.0 Å². The van der Waals surface area contributed by atoms with Gasteiger partial charge in [-0.2, -0.15) is 0 Å². The minimum atomic E-state index is 0.100. The fourth-order valence-corrected chi connectivity index (χ4v) is 4.33. The van der Waals surface area contributed by atoms with Crippen LogP contribution in [0.2, 0.25) is 0 Å². The van der Waals surface area contributed by atoms with Crippen LogP contribution in [0.1, 0.15) is 28.2 Å². The molecule has 4 nitrogen and oxygen atoms in total. The van der Waals surface area contributed by atoms with Crippen molar-refractivity contribution in [1.29, 1.82) is 0 Å². The highest BCUT2D eigenvalue weighted by molar-refractivity contribution is 7.80. The zero-order valence-electron chi connectivity index (χ0n) is 13.7. The van der Waals surface area contributed by atoms with Gasteiger partial charge < -0.3 is 15.1 Å². The van der Waals surface area contributed by atoms with E-state index in [1.54, 1.807) is 11.3 Å². The molecule has 2 atom stereocenters. The molecule has 3 rings (SSSR count). The van der Waals surface area contributed by atoms with E-state index in [9.17, 15) is 0 Å². The van der Waals surface area contributed by atoms with Crippen molar-refractivity contribution in [2.75, 3.05) is 27.2 Å². The lowest BCUT2D eigenvalue weighted by Gasteiger charge is -2.28. The van der Waals surface area contributed by atoms with Gasteiger partial charge in [0.05, 0.1) is 17.8 Å². The van der Waals surface area contributed by atoms with Gasteiger partial charge in [0.25, 0.3) is 0 Å². The molecule has 3 heterocycles. The predicted molar refractivity (Wildman–Crippen MR) is 99.8 cm³/mol. The number of rotatable bonds is 5. The summed E-state index contributed by atoms with van der Waals surface area (Å²) in [5, 5.41) is 6.47. The van der Waals surface area contributed by atoms with Gasteiger partial charge in [-0.15, -0.1) is 11.3 Å². The Morgan fingerprint density at radius 1 is 1.35 bits per heavy atom. The van der Waals surface area contributed by atoms with E-state index < -0.39 is 0 Å². The van der Waals surface area contributed by atoms with Gasteiger partial charge in [-0.05, 0) is 62.4 Å². The average Bonchev–Trinajstić information content (AvgIpc) is 3.09. The molecule has 0 spiro atoms. The van der Waals surface area contributed by atoms with Crippen molar-refractivity contribution < 1.29 is 0 Å². The lowest BCUT2D eigenvalue weighted by atomic mass is 10.0. The van der Waals surface area contributed by atoms with Gasteiger partial charge in [-0.25, -0.2) is 0 Å². The molecule has 2 aromatic heterocycles. The molecule has 2 aromatic rings. The minimum absolute atomic E-state index is 0.100. The number of hydrogen-bond acceptors (Lipinski definition) is 4. The van der Waals surface area contributed by atoms with Crippen LogP contribution in [0.4, 0.5) is 0 Å². The molecule has 0 aliphatic carbocycles. The van der Waals surface area contributed by atoms with Crippen LogP contribution < -0.4 is 5.32 Å². The summed E-state index contributed by atoms with van der Waals surface area (Å²) in [6.07, 6.45) is 1.85. The summed E-state index contributed by atoms with van der Waals surface area (Å²) < 4.78 is 0. The SMILES string of the molecule is Cc1ccsc1[C@@H]1[C@H](c2ccccn2)NC(=S)N1CCN(C)C. The summed E-state index contributed by atoms with van der Waals surface area (Å²) in [6.45, 7) is 4.05. The van der Waals surface area contributed by atoms with Crippen LogP contribution in [0.5, 0.6) is 0 Å². The van der Waals surface area contributed by atoms with Gasteiger partial charge in [-0.3, -0.25) is 4.98 Å². The molecule has 0 bridgehead atoms. The fourth-order valence-electron chi connectivity index (χ4n) is 2.93. The molecule has 1 fully saturated rings. The molecule has 23 heavy (non-hydrogen) atoms. The third-order valence-electron chi connectivity index (χ3n) is 4.16. The highest BCUT2D eigenvalue weighted by Crippen LogP contribution is 2.41. The zero-order valence-corrected chi connectivity index (χ0v) is 15.3. The molecule has 0 unspecified atom stereocenters. The Morgan fingerprint density at radius 3 is 2.78 bits per heavy atom. The van der Waals surface area contributed by atoms with Crippen LogP contribution in [0.25, 0.3) is 0 Å². The largest absolute Gasteiger partial charge is 0.352 e. The van der Waals surface area contributed by atoms with Gasteiger partial charge in [0.1, 0.15) is 0 Å². The van der Waals surface area contributed by atoms with Crippen LogP contribution in [-0.2, 0) is 0 Å². The Balaban J connectivity index is 1.96. The van der Waals surface area contributed by atoms with E-state index in [4.69, 9.17) is 12.2 Å². The Morgan fingerprint density at radius 2 is 2.17 bits per heavy atom. The standard InChI is InChI=1S/C17H22N4S2/c1-12-7-11-23-16(12)15-14(13-6-4-5-8-18-13)19-17(22)21(15)10-9-20(2)3/h4-8,11,14-15H,9-10H2,1-3H3,(H,19,22)/t14-,15-/m0/s1. The van der Waals surface area contributed by atoms with Crippen molar-refractivity contribution in [2.24, 2.45) is 0 Å². The summed E-state index contributed by atoms with van der Waals surface area (Å²) in [6, 6.07) is 8.55. The number of nitrogens with zero attached hydrogens (tertiary/aromatic N) is 3. The Bertz CT molecular complexity index is 668. The van der Waals surface area contributed by atoms with Crippen molar-refractivity contribution >= 4 is 28.7 Å². The van der Waals surface area contributed by atoms with Gasteiger partial charge in [0.15, 0.2) is 5.11 Å². The van der Waals surface area contributed by atoms with Gasteiger partial charge >= 0.3 is 0 Å². The van der Waals surface area contributed by atoms with Crippen LogP contribution in [0.15, 0.2) is 35.8 Å². The van der Waals surface area contributed by atoms with E-state index in [0.29, 0.717) is 0 Å². The first kappa shape index (κ1) is 16.4. The lowest BCUT2D eigenvalue weighted by Crippen LogP contribution is -2.35. The number of thiocarbonyl (C=S) groups is 1. The monoisotopic (exact) mass is 346 g/mol. The van der Waals surface area contributed by atoms with E-state index in [0.717, 1.165) is 23.9 Å². The van der Waals surface area contributed by atoms with E-state index in [1.165, 1.54) is 10.4 Å². The molecule has 1 aliphatic rings. The average molecular weight is 347 g/mol.